The van der Waals surface area contributed by atoms with Crippen molar-refractivity contribution in [2.24, 2.45) is 0 Å². The van der Waals surface area contributed by atoms with Crippen molar-refractivity contribution in [1.29, 1.82) is 0 Å². The van der Waals surface area contributed by atoms with Gasteiger partial charge in [-0.2, -0.15) is 0 Å². The summed E-state index contributed by atoms with van der Waals surface area (Å²) in [5, 5.41) is 28.6. The molecule has 0 saturated heterocycles. The van der Waals surface area contributed by atoms with Crippen LogP contribution in [0.3, 0.4) is 0 Å². The van der Waals surface area contributed by atoms with Gasteiger partial charge in [-0.25, -0.2) is 0 Å². The van der Waals surface area contributed by atoms with E-state index in [4.69, 9.17) is 0 Å². The number of aryl methyl sites for hydroxylation is 2. The second-order valence-electron chi connectivity index (χ2n) is 4.56. The lowest BCUT2D eigenvalue weighted by Crippen LogP contribution is -1.91. The smallest absolute Gasteiger partial charge is 0.200 e. The third-order valence-corrected chi connectivity index (χ3v) is 3.34. The molecule has 2 rings (SSSR count). The number of hydrogen-bond donors (Lipinski definition) is 3. The van der Waals surface area contributed by atoms with E-state index in [1.54, 1.807) is 0 Å². The van der Waals surface area contributed by atoms with Crippen LogP contribution < -0.4 is 0 Å². The molecule has 0 bridgehead atoms. The first kappa shape index (κ1) is 13.3. The predicted octanol–water partition coefficient (Wildman–Crippen LogP) is 3.60. The zero-order valence-electron chi connectivity index (χ0n) is 11.1. The first-order chi connectivity index (χ1) is 9.06. The molecule has 0 aliphatic carbocycles. The summed E-state index contributed by atoms with van der Waals surface area (Å²) < 4.78 is 0. The van der Waals surface area contributed by atoms with Gasteiger partial charge in [0.2, 0.25) is 0 Å². The maximum absolute atomic E-state index is 9.62. The van der Waals surface area contributed by atoms with Crippen LogP contribution in [-0.4, -0.2) is 15.3 Å². The van der Waals surface area contributed by atoms with Crippen molar-refractivity contribution in [3.8, 4) is 28.4 Å². The fourth-order valence-corrected chi connectivity index (χ4v) is 2.18. The van der Waals surface area contributed by atoms with Gasteiger partial charge in [-0.15, -0.1) is 0 Å². The van der Waals surface area contributed by atoms with Crippen LogP contribution in [0.4, 0.5) is 0 Å². The molecule has 0 aliphatic heterocycles. The Morgan fingerprint density at radius 1 is 0.842 bits per heavy atom. The van der Waals surface area contributed by atoms with Crippen molar-refractivity contribution >= 4 is 0 Å². The highest BCUT2D eigenvalue weighted by Crippen LogP contribution is 2.40. The fraction of sp³-hybridized carbons (Fsp3) is 0.250. The quantitative estimate of drug-likeness (QED) is 0.737. The van der Waals surface area contributed by atoms with Crippen LogP contribution >= 0.6 is 0 Å². The van der Waals surface area contributed by atoms with E-state index in [2.05, 4.69) is 32.0 Å². The van der Waals surface area contributed by atoms with Gasteiger partial charge in [0.05, 0.1) is 0 Å². The van der Waals surface area contributed by atoms with Crippen molar-refractivity contribution in [2.45, 2.75) is 26.7 Å². The van der Waals surface area contributed by atoms with Gasteiger partial charge in [-0.1, -0.05) is 32.0 Å². The van der Waals surface area contributed by atoms with E-state index >= 15 is 0 Å². The van der Waals surface area contributed by atoms with Crippen molar-refractivity contribution in [3.63, 3.8) is 0 Å². The molecule has 19 heavy (non-hydrogen) atoms. The standard InChI is InChI=1S/C16H18O3/c1-3-10-5-6-11(4-2)13(7-10)12-8-14(17)16(19)15(18)9-12/h5-9,17-19H,3-4H2,1-2H3. The molecule has 0 heterocycles. The summed E-state index contributed by atoms with van der Waals surface area (Å²) in [5.41, 5.74) is 4.02. The number of aromatic hydroxyl groups is 3. The van der Waals surface area contributed by atoms with E-state index < -0.39 is 5.75 Å². The zero-order chi connectivity index (χ0) is 14.0. The molecule has 100 valence electrons. The molecule has 0 spiro atoms. The molecule has 0 saturated carbocycles. The SMILES string of the molecule is CCc1ccc(CC)c(-c2cc(O)c(O)c(O)c2)c1. The van der Waals surface area contributed by atoms with Gasteiger partial charge in [0.15, 0.2) is 17.2 Å². The number of phenols is 3. The summed E-state index contributed by atoms with van der Waals surface area (Å²) in [6.45, 7) is 4.14. The van der Waals surface area contributed by atoms with Gasteiger partial charge in [0, 0.05) is 0 Å². The second-order valence-corrected chi connectivity index (χ2v) is 4.56. The topological polar surface area (TPSA) is 60.7 Å². The molecule has 2 aromatic rings. The van der Waals surface area contributed by atoms with Gasteiger partial charge < -0.3 is 15.3 Å². The zero-order valence-corrected chi connectivity index (χ0v) is 11.1. The third-order valence-electron chi connectivity index (χ3n) is 3.34. The summed E-state index contributed by atoms with van der Waals surface area (Å²) in [4.78, 5) is 0. The summed E-state index contributed by atoms with van der Waals surface area (Å²) in [6.07, 6.45) is 1.79. The largest absolute Gasteiger partial charge is 0.504 e. The van der Waals surface area contributed by atoms with Crippen molar-refractivity contribution in [3.05, 3.63) is 41.5 Å². The molecule has 0 amide bonds. The molecule has 0 aliphatic rings. The summed E-state index contributed by atoms with van der Waals surface area (Å²) in [6, 6.07) is 9.16. The highest BCUT2D eigenvalue weighted by Gasteiger charge is 2.12. The minimum atomic E-state index is -0.478. The van der Waals surface area contributed by atoms with Crippen molar-refractivity contribution in [2.75, 3.05) is 0 Å². The van der Waals surface area contributed by atoms with Crippen molar-refractivity contribution < 1.29 is 15.3 Å². The van der Waals surface area contributed by atoms with Crippen LogP contribution in [0.15, 0.2) is 30.3 Å². The summed E-state index contributed by atoms with van der Waals surface area (Å²) in [7, 11) is 0. The number of hydrogen-bond acceptors (Lipinski definition) is 3. The van der Waals surface area contributed by atoms with E-state index in [0.717, 1.165) is 24.0 Å². The molecule has 0 unspecified atom stereocenters. The van der Waals surface area contributed by atoms with Crippen LogP contribution in [0.2, 0.25) is 0 Å². The van der Waals surface area contributed by atoms with Crippen LogP contribution in [0.1, 0.15) is 25.0 Å². The van der Waals surface area contributed by atoms with E-state index in [0.29, 0.717) is 5.56 Å². The second kappa shape index (κ2) is 5.22. The lowest BCUT2D eigenvalue weighted by molar-refractivity contribution is 0.368. The Bertz CT molecular complexity index is 580. The Morgan fingerprint density at radius 3 is 2.00 bits per heavy atom. The van der Waals surface area contributed by atoms with Crippen LogP contribution in [0.5, 0.6) is 17.2 Å². The minimum absolute atomic E-state index is 0.307. The lowest BCUT2D eigenvalue weighted by atomic mass is 9.94. The maximum Gasteiger partial charge on any atom is 0.200 e. The predicted molar refractivity (Wildman–Crippen MR) is 75.6 cm³/mol. The molecular weight excluding hydrogens is 240 g/mol. The van der Waals surface area contributed by atoms with Gasteiger partial charge in [0.1, 0.15) is 0 Å². The highest BCUT2D eigenvalue weighted by molar-refractivity contribution is 5.73. The molecule has 0 fully saturated rings. The molecule has 0 atom stereocenters. The monoisotopic (exact) mass is 258 g/mol. The van der Waals surface area contributed by atoms with Crippen LogP contribution in [0.25, 0.3) is 11.1 Å². The summed E-state index contributed by atoms with van der Waals surface area (Å²) in [5.74, 6) is -1.09. The van der Waals surface area contributed by atoms with Crippen molar-refractivity contribution in [1.82, 2.24) is 0 Å². The fourth-order valence-electron chi connectivity index (χ4n) is 2.18. The van der Waals surface area contributed by atoms with E-state index in [9.17, 15) is 15.3 Å². The Hall–Kier alpha value is -2.16. The molecule has 3 heteroatoms. The third kappa shape index (κ3) is 2.50. The first-order valence-electron chi connectivity index (χ1n) is 6.43. The van der Waals surface area contributed by atoms with Gasteiger partial charge >= 0.3 is 0 Å². The minimum Gasteiger partial charge on any atom is -0.504 e. The van der Waals surface area contributed by atoms with E-state index in [1.807, 2.05) is 0 Å². The van der Waals surface area contributed by atoms with Gasteiger partial charge in [-0.05, 0) is 47.2 Å². The average molecular weight is 258 g/mol. The Balaban J connectivity index is 2.63. The summed E-state index contributed by atoms with van der Waals surface area (Å²) >= 11 is 0. The van der Waals surface area contributed by atoms with Crippen LogP contribution in [0, 0.1) is 0 Å². The van der Waals surface area contributed by atoms with Gasteiger partial charge in [0.25, 0.3) is 0 Å². The molecule has 0 radical (unpaired) electrons. The Kier molecular flexibility index (Phi) is 3.65. The molecule has 0 aromatic heterocycles. The van der Waals surface area contributed by atoms with E-state index in [-0.39, 0.29) is 11.5 Å². The molecule has 3 N–H and O–H groups in total. The molecule has 3 nitrogen and oxygen atoms in total. The number of rotatable bonds is 3. The average Bonchev–Trinajstić information content (AvgIpc) is 2.43. The normalized spacial score (nSPS) is 10.6. The van der Waals surface area contributed by atoms with Crippen LogP contribution in [-0.2, 0) is 12.8 Å². The maximum atomic E-state index is 9.62. The van der Waals surface area contributed by atoms with Gasteiger partial charge in [-0.3, -0.25) is 0 Å². The molecular formula is C16H18O3. The van der Waals surface area contributed by atoms with E-state index in [1.165, 1.54) is 17.7 Å². The lowest BCUT2D eigenvalue weighted by Gasteiger charge is -2.12. The number of benzene rings is 2. The highest BCUT2D eigenvalue weighted by atomic mass is 16.3. The number of phenolic OH excluding ortho intramolecular Hbond substituents is 3. The Labute approximate surface area is 112 Å². The Morgan fingerprint density at radius 2 is 1.47 bits per heavy atom. The first-order valence-corrected chi connectivity index (χ1v) is 6.43. The molecule has 2 aromatic carbocycles.